The molecule has 0 saturated carbocycles. The maximum absolute atomic E-state index is 14.2. The minimum atomic E-state index is -0.797. The van der Waals surface area contributed by atoms with E-state index in [0.717, 1.165) is 49.0 Å². The lowest BCUT2D eigenvalue weighted by atomic mass is 9.73. The summed E-state index contributed by atoms with van der Waals surface area (Å²) in [6, 6.07) is 2.61. The number of halogens is 2. The molecule has 1 aliphatic carbocycles. The van der Waals surface area contributed by atoms with Gasteiger partial charge in [0.2, 0.25) is 5.91 Å². The van der Waals surface area contributed by atoms with Crippen molar-refractivity contribution in [1.29, 1.82) is 0 Å². The quantitative estimate of drug-likeness (QED) is 0.815. The highest BCUT2D eigenvalue weighted by atomic mass is 19.1. The SMILES string of the molecule is CC1C(C2NC(N)=NC=C2Oc2ccc(F)cc2F)C2=C(CCCC2)C(=O)N1C. The van der Waals surface area contributed by atoms with Crippen molar-refractivity contribution < 1.29 is 18.3 Å². The van der Waals surface area contributed by atoms with E-state index in [-0.39, 0.29) is 29.6 Å². The molecule has 0 radical (unpaired) electrons. The number of carbonyl (C=O) groups excluding carboxylic acids is 1. The number of guanidine groups is 1. The summed E-state index contributed by atoms with van der Waals surface area (Å²) < 4.78 is 33.2. The number of likely N-dealkylation sites (N-methyl/N-ethyl adjacent to an activating group) is 1. The number of hydrogen-bond acceptors (Lipinski definition) is 5. The smallest absolute Gasteiger partial charge is 0.249 e. The van der Waals surface area contributed by atoms with Crippen LogP contribution in [0.5, 0.6) is 5.75 Å². The highest BCUT2D eigenvalue weighted by molar-refractivity contribution is 5.95. The first-order valence-electron chi connectivity index (χ1n) is 9.78. The van der Waals surface area contributed by atoms with Crippen LogP contribution in [-0.4, -0.2) is 35.9 Å². The monoisotopic (exact) mass is 402 g/mol. The number of nitrogens with zero attached hydrogens (tertiary/aromatic N) is 2. The number of rotatable bonds is 3. The number of nitrogens with one attached hydrogen (secondary N) is 1. The van der Waals surface area contributed by atoms with E-state index in [9.17, 15) is 13.6 Å². The van der Waals surface area contributed by atoms with Crippen molar-refractivity contribution in [3.05, 3.63) is 52.9 Å². The summed E-state index contributed by atoms with van der Waals surface area (Å²) in [4.78, 5) is 18.6. The molecule has 8 heteroatoms. The highest BCUT2D eigenvalue weighted by Crippen LogP contribution is 2.41. The lowest BCUT2D eigenvalue weighted by Gasteiger charge is -2.45. The van der Waals surface area contributed by atoms with E-state index in [1.165, 1.54) is 12.3 Å². The van der Waals surface area contributed by atoms with E-state index < -0.39 is 17.7 Å². The van der Waals surface area contributed by atoms with Crippen LogP contribution in [0, 0.1) is 17.6 Å². The van der Waals surface area contributed by atoms with Gasteiger partial charge in [-0.1, -0.05) is 5.57 Å². The number of ether oxygens (including phenoxy) is 1. The Balaban J connectivity index is 1.73. The van der Waals surface area contributed by atoms with Crippen molar-refractivity contribution >= 4 is 11.9 Å². The molecule has 1 aromatic rings. The number of benzene rings is 1. The Morgan fingerprint density at radius 2 is 2.03 bits per heavy atom. The van der Waals surface area contributed by atoms with Gasteiger partial charge in [0.05, 0.1) is 12.2 Å². The van der Waals surface area contributed by atoms with E-state index in [1.54, 1.807) is 11.9 Å². The topological polar surface area (TPSA) is 80.0 Å². The molecule has 2 heterocycles. The van der Waals surface area contributed by atoms with Crippen molar-refractivity contribution in [2.75, 3.05) is 7.05 Å². The third-order valence-corrected chi connectivity index (χ3v) is 6.04. The van der Waals surface area contributed by atoms with Crippen LogP contribution in [0.1, 0.15) is 32.6 Å². The molecular weight excluding hydrogens is 378 g/mol. The van der Waals surface area contributed by atoms with Gasteiger partial charge in [-0.05, 0) is 44.7 Å². The third-order valence-electron chi connectivity index (χ3n) is 6.04. The summed E-state index contributed by atoms with van der Waals surface area (Å²) in [5.74, 6) is -0.996. The zero-order valence-corrected chi connectivity index (χ0v) is 16.4. The predicted molar refractivity (Wildman–Crippen MR) is 105 cm³/mol. The predicted octanol–water partition coefficient (Wildman–Crippen LogP) is 2.82. The Morgan fingerprint density at radius 3 is 2.79 bits per heavy atom. The van der Waals surface area contributed by atoms with Crippen LogP contribution < -0.4 is 15.8 Å². The second-order valence-electron chi connectivity index (χ2n) is 7.74. The molecule has 1 aromatic carbocycles. The van der Waals surface area contributed by atoms with Gasteiger partial charge in [-0.25, -0.2) is 13.8 Å². The van der Waals surface area contributed by atoms with Crippen molar-refractivity contribution in [2.24, 2.45) is 16.6 Å². The van der Waals surface area contributed by atoms with Gasteiger partial charge in [-0.15, -0.1) is 0 Å². The van der Waals surface area contributed by atoms with Crippen molar-refractivity contribution in [3.63, 3.8) is 0 Å². The standard InChI is InChI=1S/C21H24F2N4O2/c1-11-18(13-5-3-4-6-14(13)20(28)27(11)2)19-17(10-25-21(24)26-19)29-16-8-7-12(22)9-15(16)23/h7-11,18-19H,3-6H2,1-2H3,(H3,24,25,26). The average Bonchev–Trinajstić information content (AvgIpc) is 2.70. The number of hydrogen-bond donors (Lipinski definition) is 2. The minimum Gasteiger partial charge on any atom is -0.455 e. The van der Waals surface area contributed by atoms with Crippen molar-refractivity contribution in [2.45, 2.75) is 44.7 Å². The molecule has 0 spiro atoms. The largest absolute Gasteiger partial charge is 0.455 e. The Bertz CT molecular complexity index is 941. The molecule has 154 valence electrons. The first-order valence-corrected chi connectivity index (χ1v) is 9.78. The van der Waals surface area contributed by atoms with Gasteiger partial charge in [0, 0.05) is 30.6 Å². The van der Waals surface area contributed by atoms with E-state index in [4.69, 9.17) is 10.5 Å². The molecule has 3 unspecified atom stereocenters. The highest BCUT2D eigenvalue weighted by Gasteiger charge is 2.44. The molecule has 6 nitrogen and oxygen atoms in total. The van der Waals surface area contributed by atoms with E-state index in [1.807, 2.05) is 6.92 Å². The molecular formula is C21H24F2N4O2. The second-order valence-corrected chi connectivity index (χ2v) is 7.74. The van der Waals surface area contributed by atoms with Crippen LogP contribution in [-0.2, 0) is 4.79 Å². The van der Waals surface area contributed by atoms with Crippen molar-refractivity contribution in [1.82, 2.24) is 10.2 Å². The fourth-order valence-electron chi connectivity index (χ4n) is 4.47. The maximum Gasteiger partial charge on any atom is 0.249 e. The van der Waals surface area contributed by atoms with Gasteiger partial charge >= 0.3 is 0 Å². The third kappa shape index (κ3) is 3.47. The van der Waals surface area contributed by atoms with Gasteiger partial charge in [0.25, 0.3) is 0 Å². The fourth-order valence-corrected chi connectivity index (χ4v) is 4.47. The van der Waals surface area contributed by atoms with Gasteiger partial charge in [0.1, 0.15) is 11.6 Å². The molecule has 29 heavy (non-hydrogen) atoms. The average molecular weight is 402 g/mol. The Hall–Kier alpha value is -2.90. The van der Waals surface area contributed by atoms with Crippen LogP contribution >= 0.6 is 0 Å². The van der Waals surface area contributed by atoms with Crippen molar-refractivity contribution in [3.8, 4) is 5.75 Å². The molecule has 0 saturated heterocycles. The maximum atomic E-state index is 14.2. The summed E-state index contributed by atoms with van der Waals surface area (Å²) in [5, 5.41) is 3.15. The van der Waals surface area contributed by atoms with Crippen LogP contribution in [0.25, 0.3) is 0 Å². The van der Waals surface area contributed by atoms with Crippen LogP contribution in [0.3, 0.4) is 0 Å². The zero-order valence-electron chi connectivity index (χ0n) is 16.4. The number of carbonyl (C=O) groups is 1. The normalized spacial score (nSPS) is 27.1. The molecule has 4 rings (SSSR count). The molecule has 3 atom stereocenters. The molecule has 3 aliphatic rings. The lowest BCUT2D eigenvalue weighted by Crippen LogP contribution is -2.57. The molecule has 1 amide bonds. The van der Waals surface area contributed by atoms with Crippen LogP contribution in [0.15, 0.2) is 46.3 Å². The van der Waals surface area contributed by atoms with Gasteiger partial charge in [0.15, 0.2) is 17.5 Å². The summed E-state index contributed by atoms with van der Waals surface area (Å²) in [6.07, 6.45) is 5.05. The molecule has 3 N–H and O–H groups in total. The summed E-state index contributed by atoms with van der Waals surface area (Å²) in [6.45, 7) is 1.99. The van der Waals surface area contributed by atoms with Gasteiger partial charge in [-0.3, -0.25) is 4.79 Å². The molecule has 2 aliphatic heterocycles. The Kier molecular flexibility index (Phi) is 5.02. The second kappa shape index (κ2) is 7.50. The van der Waals surface area contributed by atoms with Crippen LogP contribution in [0.4, 0.5) is 8.78 Å². The van der Waals surface area contributed by atoms with E-state index in [2.05, 4.69) is 10.3 Å². The number of nitrogens with two attached hydrogens (primary N) is 1. The zero-order chi connectivity index (χ0) is 20.7. The molecule has 0 bridgehead atoms. The summed E-state index contributed by atoms with van der Waals surface area (Å²) in [7, 11) is 1.79. The first-order chi connectivity index (χ1) is 13.9. The summed E-state index contributed by atoms with van der Waals surface area (Å²) >= 11 is 0. The first kappa shape index (κ1) is 19.4. The van der Waals surface area contributed by atoms with E-state index >= 15 is 0 Å². The number of aliphatic imine (C=N–C) groups is 1. The molecule has 0 aromatic heterocycles. The number of amides is 1. The Labute approximate surface area is 168 Å². The van der Waals surface area contributed by atoms with E-state index in [0.29, 0.717) is 5.76 Å². The fraction of sp³-hybridized carbons (Fsp3) is 0.429. The minimum absolute atomic E-state index is 0.0666. The van der Waals surface area contributed by atoms with Gasteiger partial charge in [-0.2, -0.15) is 0 Å². The molecule has 0 fully saturated rings. The lowest BCUT2D eigenvalue weighted by molar-refractivity contribution is -0.130. The Morgan fingerprint density at radius 1 is 1.28 bits per heavy atom. The van der Waals surface area contributed by atoms with Crippen LogP contribution in [0.2, 0.25) is 0 Å². The van der Waals surface area contributed by atoms with Gasteiger partial charge < -0.3 is 20.7 Å². The summed E-state index contributed by atoms with van der Waals surface area (Å²) in [5.41, 5.74) is 7.89.